The molecule has 156 valence electrons. The van der Waals surface area contributed by atoms with Gasteiger partial charge >= 0.3 is 0 Å². The third-order valence-electron chi connectivity index (χ3n) is 5.43. The Morgan fingerprint density at radius 1 is 1.03 bits per heavy atom. The molecule has 1 aliphatic rings. The van der Waals surface area contributed by atoms with Gasteiger partial charge in [-0.05, 0) is 62.5 Å². The number of rotatable bonds is 6. The molecular weight excluding hydrogens is 402 g/mol. The number of nitrogens with zero attached hydrogens (tertiary/aromatic N) is 3. The molecule has 0 saturated carbocycles. The summed E-state index contributed by atoms with van der Waals surface area (Å²) in [6.07, 6.45) is 0.286. The summed E-state index contributed by atoms with van der Waals surface area (Å²) < 4.78 is 11.5. The summed E-state index contributed by atoms with van der Waals surface area (Å²) in [6.45, 7) is 5.45. The number of halogens is 1. The van der Waals surface area contributed by atoms with Crippen molar-refractivity contribution in [2.75, 3.05) is 33.2 Å². The van der Waals surface area contributed by atoms with E-state index in [1.54, 1.807) is 0 Å². The second-order valence-corrected chi connectivity index (χ2v) is 7.94. The van der Waals surface area contributed by atoms with E-state index in [1.165, 1.54) is 0 Å². The zero-order valence-electron chi connectivity index (χ0n) is 17.0. The van der Waals surface area contributed by atoms with Crippen LogP contribution in [0, 0.1) is 6.92 Å². The third-order valence-corrected chi connectivity index (χ3v) is 5.68. The number of benzene rings is 2. The lowest BCUT2D eigenvalue weighted by Crippen LogP contribution is -2.51. The van der Waals surface area contributed by atoms with Crippen molar-refractivity contribution in [3.05, 3.63) is 59.1 Å². The molecule has 1 unspecified atom stereocenters. The number of carbonyl (C=O) groups excluding carboxylic acids is 1. The van der Waals surface area contributed by atoms with E-state index in [4.69, 9.17) is 20.9 Å². The Morgan fingerprint density at radius 2 is 1.67 bits per heavy atom. The summed E-state index contributed by atoms with van der Waals surface area (Å²) in [7, 11) is 2.08. The number of ether oxygens (including phenoxy) is 1. The minimum atomic E-state index is -0.574. The van der Waals surface area contributed by atoms with Gasteiger partial charge in [0, 0.05) is 47.9 Å². The van der Waals surface area contributed by atoms with Crippen molar-refractivity contribution < 1.29 is 14.1 Å². The first-order chi connectivity index (χ1) is 14.5. The molecule has 1 aromatic heterocycles. The highest BCUT2D eigenvalue weighted by Gasteiger charge is 2.23. The molecule has 1 saturated heterocycles. The average molecular weight is 426 g/mol. The topological polar surface area (TPSA) is 58.8 Å². The molecule has 30 heavy (non-hydrogen) atoms. The van der Waals surface area contributed by atoms with E-state index in [2.05, 4.69) is 22.0 Å². The Morgan fingerprint density at radius 3 is 2.30 bits per heavy atom. The van der Waals surface area contributed by atoms with Gasteiger partial charge in [0.05, 0.1) is 0 Å². The minimum absolute atomic E-state index is 0.574. The normalized spacial score (nSPS) is 16.4. The van der Waals surface area contributed by atoms with Crippen LogP contribution in [-0.2, 0) is 4.79 Å². The van der Waals surface area contributed by atoms with Crippen LogP contribution in [0.5, 0.6) is 5.75 Å². The summed E-state index contributed by atoms with van der Waals surface area (Å²) >= 11 is 5.97. The standard InChI is InChI=1S/C23H24ClN3O3/c1-16-22(25-30-23(16)18-3-7-19(24)8-4-18)17-5-9-20(10-6-17)29-21(15-28)27-13-11-26(2)12-14-27/h3-10,15,21H,11-14H2,1-2H3. The van der Waals surface area contributed by atoms with Crippen molar-refractivity contribution in [2.24, 2.45) is 0 Å². The van der Waals surface area contributed by atoms with E-state index >= 15 is 0 Å². The van der Waals surface area contributed by atoms with Crippen molar-refractivity contribution in [2.45, 2.75) is 13.2 Å². The van der Waals surface area contributed by atoms with E-state index in [9.17, 15) is 4.79 Å². The van der Waals surface area contributed by atoms with E-state index in [1.807, 2.05) is 55.5 Å². The first-order valence-electron chi connectivity index (χ1n) is 9.92. The van der Waals surface area contributed by atoms with Crippen LogP contribution in [0.25, 0.3) is 22.6 Å². The molecule has 0 N–H and O–H groups in total. The SMILES string of the molecule is Cc1c(-c2ccc(OC(C=O)N3CCN(C)CC3)cc2)noc1-c1ccc(Cl)cc1. The first kappa shape index (κ1) is 20.6. The molecule has 0 radical (unpaired) electrons. The fraction of sp³-hybridized carbons (Fsp3) is 0.304. The lowest BCUT2D eigenvalue weighted by molar-refractivity contribution is -0.123. The number of piperazine rings is 1. The van der Waals surface area contributed by atoms with E-state index in [-0.39, 0.29) is 0 Å². The highest BCUT2D eigenvalue weighted by atomic mass is 35.5. The number of aldehydes is 1. The number of carbonyl (C=O) groups is 1. The summed E-state index contributed by atoms with van der Waals surface area (Å²) in [4.78, 5) is 15.9. The summed E-state index contributed by atoms with van der Waals surface area (Å²) in [5, 5.41) is 4.93. The fourth-order valence-electron chi connectivity index (χ4n) is 3.57. The van der Waals surface area contributed by atoms with E-state index in [0.29, 0.717) is 10.8 Å². The van der Waals surface area contributed by atoms with Crippen LogP contribution in [0.3, 0.4) is 0 Å². The molecule has 1 fully saturated rings. The molecule has 0 bridgehead atoms. The van der Waals surface area contributed by atoms with Crippen LogP contribution in [-0.4, -0.2) is 60.7 Å². The van der Waals surface area contributed by atoms with Crippen molar-refractivity contribution in [1.82, 2.24) is 15.0 Å². The molecule has 0 spiro atoms. The van der Waals surface area contributed by atoms with Crippen LogP contribution in [0.15, 0.2) is 53.1 Å². The minimum Gasteiger partial charge on any atom is -0.468 e. The van der Waals surface area contributed by atoms with Crippen molar-refractivity contribution in [1.29, 1.82) is 0 Å². The van der Waals surface area contributed by atoms with Crippen LogP contribution in [0.4, 0.5) is 0 Å². The average Bonchev–Trinajstić information content (AvgIpc) is 3.15. The van der Waals surface area contributed by atoms with Gasteiger partial charge in [0.2, 0.25) is 6.23 Å². The van der Waals surface area contributed by atoms with E-state index in [0.717, 1.165) is 60.6 Å². The Labute approximate surface area is 181 Å². The lowest BCUT2D eigenvalue weighted by Gasteiger charge is -2.35. The van der Waals surface area contributed by atoms with Crippen LogP contribution >= 0.6 is 11.6 Å². The van der Waals surface area contributed by atoms with Crippen LogP contribution in [0.1, 0.15) is 5.56 Å². The molecule has 0 aliphatic carbocycles. The Balaban J connectivity index is 1.48. The van der Waals surface area contributed by atoms with Crippen molar-refractivity contribution >= 4 is 17.9 Å². The first-order valence-corrected chi connectivity index (χ1v) is 10.3. The molecule has 7 heteroatoms. The molecule has 0 amide bonds. The summed E-state index contributed by atoms with van der Waals surface area (Å²) in [5.41, 5.74) is 3.58. The maximum Gasteiger partial charge on any atom is 0.209 e. The molecule has 2 aromatic carbocycles. The van der Waals surface area contributed by atoms with Crippen LogP contribution < -0.4 is 4.74 Å². The summed E-state index contributed by atoms with van der Waals surface area (Å²) in [5.74, 6) is 1.37. The van der Waals surface area contributed by atoms with Gasteiger partial charge in [-0.1, -0.05) is 16.8 Å². The Kier molecular flexibility index (Phi) is 6.18. The lowest BCUT2D eigenvalue weighted by atomic mass is 10.0. The smallest absolute Gasteiger partial charge is 0.209 e. The van der Waals surface area contributed by atoms with Gasteiger partial charge in [-0.15, -0.1) is 0 Å². The number of hydrogen-bond donors (Lipinski definition) is 0. The monoisotopic (exact) mass is 425 g/mol. The largest absolute Gasteiger partial charge is 0.468 e. The highest BCUT2D eigenvalue weighted by Crippen LogP contribution is 2.32. The van der Waals surface area contributed by atoms with E-state index < -0.39 is 6.23 Å². The molecule has 1 aliphatic heterocycles. The third kappa shape index (κ3) is 4.41. The quantitative estimate of drug-likeness (QED) is 0.553. The number of likely N-dealkylation sites (N-methyl/N-ethyl adjacent to an activating group) is 1. The molecule has 1 atom stereocenters. The maximum atomic E-state index is 11.6. The van der Waals surface area contributed by atoms with Gasteiger partial charge in [0.25, 0.3) is 0 Å². The molecular formula is C23H24ClN3O3. The van der Waals surface area contributed by atoms with Gasteiger partial charge < -0.3 is 14.2 Å². The van der Waals surface area contributed by atoms with Gasteiger partial charge in [-0.3, -0.25) is 9.69 Å². The zero-order chi connectivity index (χ0) is 21.1. The second-order valence-electron chi connectivity index (χ2n) is 7.50. The number of aromatic nitrogens is 1. The Hall–Kier alpha value is -2.67. The second kappa shape index (κ2) is 9.00. The van der Waals surface area contributed by atoms with Crippen LogP contribution in [0.2, 0.25) is 5.02 Å². The van der Waals surface area contributed by atoms with Crippen molar-refractivity contribution in [3.63, 3.8) is 0 Å². The van der Waals surface area contributed by atoms with Gasteiger partial charge in [0.15, 0.2) is 12.0 Å². The predicted octanol–water partition coefficient (Wildman–Crippen LogP) is 4.12. The highest BCUT2D eigenvalue weighted by molar-refractivity contribution is 6.30. The summed E-state index contributed by atoms with van der Waals surface area (Å²) in [6, 6.07) is 15.1. The number of hydrogen-bond acceptors (Lipinski definition) is 6. The van der Waals surface area contributed by atoms with Gasteiger partial charge in [0.1, 0.15) is 11.4 Å². The Bertz CT molecular complexity index is 994. The van der Waals surface area contributed by atoms with Crippen molar-refractivity contribution in [3.8, 4) is 28.3 Å². The molecule has 3 aromatic rings. The molecule has 2 heterocycles. The van der Waals surface area contributed by atoms with Gasteiger partial charge in [-0.2, -0.15) is 0 Å². The molecule has 4 rings (SSSR count). The maximum absolute atomic E-state index is 11.6. The fourth-order valence-corrected chi connectivity index (χ4v) is 3.70. The van der Waals surface area contributed by atoms with Gasteiger partial charge in [-0.25, -0.2) is 0 Å². The predicted molar refractivity (Wildman–Crippen MR) is 117 cm³/mol. The zero-order valence-corrected chi connectivity index (χ0v) is 17.8. The molecule has 6 nitrogen and oxygen atoms in total.